The summed E-state index contributed by atoms with van der Waals surface area (Å²) >= 11 is 0. The highest BCUT2D eigenvalue weighted by molar-refractivity contribution is 5.33. The Hall–Kier alpha value is -1.20. The van der Waals surface area contributed by atoms with E-state index in [1.807, 2.05) is 13.8 Å². The molecule has 0 aliphatic carbocycles. The number of aliphatic hydroxyl groups is 1. The van der Waals surface area contributed by atoms with E-state index in [9.17, 15) is 5.11 Å². The summed E-state index contributed by atoms with van der Waals surface area (Å²) in [6.45, 7) is 11.7. The molecule has 5 nitrogen and oxygen atoms in total. The van der Waals surface area contributed by atoms with E-state index < -0.39 is 0 Å². The lowest BCUT2D eigenvalue weighted by atomic mass is 10.2. The van der Waals surface area contributed by atoms with Crippen molar-refractivity contribution in [3.63, 3.8) is 0 Å². The Morgan fingerprint density at radius 1 is 1.40 bits per heavy atom. The average molecular weight is 278 g/mol. The van der Waals surface area contributed by atoms with Gasteiger partial charge in [-0.3, -0.25) is 4.90 Å². The average Bonchev–Trinajstić information content (AvgIpc) is 2.39. The molecule has 5 heteroatoms. The first-order valence-corrected chi connectivity index (χ1v) is 7.51. The molecular formula is C15H26N4O. The Bertz CT molecular complexity index is 449. The van der Waals surface area contributed by atoms with Crippen molar-refractivity contribution < 1.29 is 5.11 Å². The van der Waals surface area contributed by atoms with E-state index in [0.717, 1.165) is 49.9 Å². The van der Waals surface area contributed by atoms with Gasteiger partial charge in [0.25, 0.3) is 0 Å². The van der Waals surface area contributed by atoms with Crippen LogP contribution in [-0.4, -0.2) is 58.3 Å². The van der Waals surface area contributed by atoms with Gasteiger partial charge in [0, 0.05) is 43.6 Å². The Morgan fingerprint density at radius 3 is 2.75 bits per heavy atom. The first kappa shape index (κ1) is 15.2. The smallest absolute Gasteiger partial charge is 0.225 e. The zero-order valence-electron chi connectivity index (χ0n) is 13.0. The van der Waals surface area contributed by atoms with Gasteiger partial charge in [-0.1, -0.05) is 6.92 Å². The quantitative estimate of drug-likeness (QED) is 0.898. The predicted molar refractivity (Wildman–Crippen MR) is 81.1 cm³/mol. The fourth-order valence-electron chi connectivity index (χ4n) is 2.73. The van der Waals surface area contributed by atoms with Crippen molar-refractivity contribution in [3.8, 4) is 0 Å². The number of hydrogen-bond donors (Lipinski definition) is 1. The van der Waals surface area contributed by atoms with Crippen LogP contribution in [0.1, 0.15) is 32.2 Å². The van der Waals surface area contributed by atoms with E-state index in [2.05, 4.69) is 39.7 Å². The minimum Gasteiger partial charge on any atom is -0.392 e. The van der Waals surface area contributed by atoms with Crippen molar-refractivity contribution in [2.24, 2.45) is 0 Å². The third-order valence-corrected chi connectivity index (χ3v) is 3.80. The van der Waals surface area contributed by atoms with E-state index in [4.69, 9.17) is 0 Å². The Labute approximate surface area is 121 Å². The highest BCUT2D eigenvalue weighted by atomic mass is 16.3. The molecule has 1 N–H and O–H groups in total. The van der Waals surface area contributed by atoms with Crippen LogP contribution in [0.4, 0.5) is 5.95 Å². The van der Waals surface area contributed by atoms with Gasteiger partial charge in [0.1, 0.15) is 0 Å². The number of rotatable bonds is 4. The first-order valence-electron chi connectivity index (χ1n) is 7.51. The van der Waals surface area contributed by atoms with E-state index in [-0.39, 0.29) is 6.10 Å². The van der Waals surface area contributed by atoms with Crippen LogP contribution in [-0.2, 0) is 6.42 Å². The van der Waals surface area contributed by atoms with E-state index in [0.29, 0.717) is 6.04 Å². The maximum Gasteiger partial charge on any atom is 0.225 e. The summed E-state index contributed by atoms with van der Waals surface area (Å²) < 4.78 is 0. The van der Waals surface area contributed by atoms with Crippen molar-refractivity contribution in [2.75, 3.05) is 31.1 Å². The molecule has 2 atom stereocenters. The summed E-state index contributed by atoms with van der Waals surface area (Å²) in [6, 6.07) is 2.46. The largest absolute Gasteiger partial charge is 0.392 e. The molecule has 112 valence electrons. The van der Waals surface area contributed by atoms with Gasteiger partial charge in [-0.15, -0.1) is 0 Å². The molecule has 1 aromatic rings. The Morgan fingerprint density at radius 2 is 2.15 bits per heavy atom. The number of nitrogens with zero attached hydrogens (tertiary/aromatic N) is 4. The molecule has 0 unspecified atom stereocenters. The number of piperazine rings is 1. The fraction of sp³-hybridized carbons (Fsp3) is 0.733. The highest BCUT2D eigenvalue weighted by Crippen LogP contribution is 2.17. The first-order chi connectivity index (χ1) is 9.49. The van der Waals surface area contributed by atoms with Crippen LogP contribution in [0.25, 0.3) is 0 Å². The molecule has 0 bridgehead atoms. The molecular weight excluding hydrogens is 252 g/mol. The van der Waals surface area contributed by atoms with Crippen molar-refractivity contribution in [3.05, 3.63) is 17.5 Å². The number of β-amino-alcohol motifs (C(OH)–C–C–N with tert-alkyl or cyclic N) is 1. The molecule has 0 saturated carbocycles. The van der Waals surface area contributed by atoms with E-state index in [1.54, 1.807) is 0 Å². The zero-order chi connectivity index (χ0) is 14.7. The second-order valence-corrected chi connectivity index (χ2v) is 5.79. The second-order valence-electron chi connectivity index (χ2n) is 5.79. The lowest BCUT2D eigenvalue weighted by molar-refractivity contribution is 0.0957. The second kappa shape index (κ2) is 6.50. The highest BCUT2D eigenvalue weighted by Gasteiger charge is 2.26. The lowest BCUT2D eigenvalue weighted by Crippen LogP contribution is -2.54. The predicted octanol–water partition coefficient (Wildman–Crippen LogP) is 1.24. The van der Waals surface area contributed by atoms with E-state index >= 15 is 0 Å². The van der Waals surface area contributed by atoms with Crippen LogP contribution >= 0.6 is 0 Å². The van der Waals surface area contributed by atoms with Gasteiger partial charge in [-0.2, -0.15) is 0 Å². The summed E-state index contributed by atoms with van der Waals surface area (Å²) in [5.74, 6) is 0.852. The van der Waals surface area contributed by atoms with Crippen molar-refractivity contribution in [2.45, 2.75) is 46.3 Å². The van der Waals surface area contributed by atoms with Crippen LogP contribution in [0, 0.1) is 6.92 Å². The van der Waals surface area contributed by atoms with Crippen LogP contribution in [0.5, 0.6) is 0 Å². The maximum absolute atomic E-state index is 9.53. The third-order valence-electron chi connectivity index (χ3n) is 3.80. The van der Waals surface area contributed by atoms with Crippen molar-refractivity contribution in [1.29, 1.82) is 0 Å². The number of anilines is 1. The number of aliphatic hydroxyl groups excluding tert-OH is 1. The molecule has 1 aromatic heterocycles. The normalized spacial score (nSPS) is 22.1. The van der Waals surface area contributed by atoms with Gasteiger partial charge in [-0.25, -0.2) is 9.97 Å². The summed E-state index contributed by atoms with van der Waals surface area (Å²) in [5, 5.41) is 9.53. The monoisotopic (exact) mass is 278 g/mol. The molecule has 1 fully saturated rings. The van der Waals surface area contributed by atoms with Gasteiger partial charge in [0.2, 0.25) is 5.95 Å². The Balaban J connectivity index is 2.07. The fourth-order valence-corrected chi connectivity index (χ4v) is 2.73. The summed E-state index contributed by atoms with van der Waals surface area (Å²) in [7, 11) is 0. The minimum atomic E-state index is -0.272. The molecule has 1 aliphatic rings. The number of hydrogen-bond acceptors (Lipinski definition) is 5. The van der Waals surface area contributed by atoms with Gasteiger partial charge in [0.15, 0.2) is 0 Å². The molecule has 1 saturated heterocycles. The van der Waals surface area contributed by atoms with Gasteiger partial charge < -0.3 is 10.0 Å². The molecule has 0 amide bonds. The van der Waals surface area contributed by atoms with Crippen molar-refractivity contribution >= 4 is 5.95 Å². The zero-order valence-corrected chi connectivity index (χ0v) is 13.0. The van der Waals surface area contributed by atoms with Gasteiger partial charge in [0.05, 0.1) is 6.10 Å². The molecule has 0 radical (unpaired) electrons. The van der Waals surface area contributed by atoms with Gasteiger partial charge in [-0.05, 0) is 33.3 Å². The molecule has 0 aromatic carbocycles. The molecule has 1 aliphatic heterocycles. The number of aromatic nitrogens is 2. The van der Waals surface area contributed by atoms with Crippen LogP contribution in [0.15, 0.2) is 6.07 Å². The summed E-state index contributed by atoms with van der Waals surface area (Å²) in [6.07, 6.45) is 0.666. The third kappa shape index (κ3) is 3.67. The molecule has 2 rings (SSSR count). The summed E-state index contributed by atoms with van der Waals surface area (Å²) in [4.78, 5) is 13.8. The van der Waals surface area contributed by atoms with Gasteiger partial charge >= 0.3 is 0 Å². The van der Waals surface area contributed by atoms with Crippen LogP contribution in [0.2, 0.25) is 0 Å². The Kier molecular flexibility index (Phi) is 4.94. The standard InChI is InChI=1S/C15H26N4O/c1-5-14-8-11(2)16-15(17-14)19-7-6-18(10-13(4)20)12(3)9-19/h8,12-13,20H,5-7,9-10H2,1-4H3/t12-,13-/m0/s1. The topological polar surface area (TPSA) is 52.5 Å². The molecule has 20 heavy (non-hydrogen) atoms. The van der Waals surface area contributed by atoms with Crippen LogP contribution < -0.4 is 4.90 Å². The maximum atomic E-state index is 9.53. The molecule has 0 spiro atoms. The van der Waals surface area contributed by atoms with E-state index in [1.165, 1.54) is 0 Å². The molecule has 2 heterocycles. The minimum absolute atomic E-state index is 0.272. The summed E-state index contributed by atoms with van der Waals surface area (Å²) in [5.41, 5.74) is 2.14. The SMILES string of the molecule is CCc1cc(C)nc(N2CCN(C[C@H](C)O)[C@@H](C)C2)n1. The number of aryl methyl sites for hydroxylation is 2. The van der Waals surface area contributed by atoms with Crippen LogP contribution in [0.3, 0.4) is 0 Å². The van der Waals surface area contributed by atoms with Crippen molar-refractivity contribution in [1.82, 2.24) is 14.9 Å². The lowest BCUT2D eigenvalue weighted by Gasteiger charge is -2.40.